The summed E-state index contributed by atoms with van der Waals surface area (Å²) in [5.41, 5.74) is 3.62. The minimum atomic E-state index is 0.0628. The second-order valence-electron chi connectivity index (χ2n) is 10.5. The summed E-state index contributed by atoms with van der Waals surface area (Å²) in [6, 6.07) is 18.5. The van der Waals surface area contributed by atoms with Crippen LogP contribution in [-0.2, 0) is 25.9 Å². The molecule has 1 aliphatic heterocycles. The molecule has 0 amide bonds. The Morgan fingerprint density at radius 2 is 1.67 bits per heavy atom. The highest BCUT2D eigenvalue weighted by Gasteiger charge is 2.26. The predicted octanol–water partition coefficient (Wildman–Crippen LogP) is 4.36. The highest BCUT2D eigenvalue weighted by molar-refractivity contribution is 7.18. The third kappa shape index (κ3) is 4.39. The van der Waals surface area contributed by atoms with E-state index in [9.17, 15) is 4.79 Å². The molecule has 8 nitrogen and oxygen atoms in total. The van der Waals surface area contributed by atoms with E-state index in [1.807, 2.05) is 34.9 Å². The van der Waals surface area contributed by atoms with Crippen LogP contribution in [0.15, 0.2) is 59.4 Å². The molecule has 200 valence electrons. The van der Waals surface area contributed by atoms with Crippen molar-refractivity contribution in [2.24, 2.45) is 0 Å². The fraction of sp³-hybridized carbons (Fsp3) is 0.367. The first kappa shape index (κ1) is 24.4. The van der Waals surface area contributed by atoms with Gasteiger partial charge in [-0.25, -0.2) is 0 Å². The van der Waals surface area contributed by atoms with Gasteiger partial charge in [-0.15, -0.1) is 21.5 Å². The number of anilines is 1. The van der Waals surface area contributed by atoms with Crippen molar-refractivity contribution < 1.29 is 4.74 Å². The standard InChI is InChI=1S/C30H32N6O2S/c1-38-23-13-11-22(12-14-23)34-17-15-33(16-18-34)20-26-31-32-30-35(19-21-7-3-2-4-8-21)28(37)27-24-9-5-6-10-25(24)39-29(27)36(26)30/h2-4,7-8,11-14H,5-6,9-10,15-20H2,1H3. The molecule has 3 aromatic heterocycles. The monoisotopic (exact) mass is 540 g/mol. The van der Waals surface area contributed by atoms with Crippen LogP contribution in [0.4, 0.5) is 5.69 Å². The molecule has 1 fully saturated rings. The Labute approximate surface area is 231 Å². The first-order valence-corrected chi connectivity index (χ1v) is 14.6. The summed E-state index contributed by atoms with van der Waals surface area (Å²) in [6.45, 7) is 4.97. The molecule has 2 aromatic carbocycles. The van der Waals surface area contributed by atoms with Crippen molar-refractivity contribution >= 4 is 33.0 Å². The number of methoxy groups -OCH3 is 1. The minimum Gasteiger partial charge on any atom is -0.497 e. The SMILES string of the molecule is COc1ccc(N2CCN(Cc3nnc4n(Cc5ccccc5)c(=O)c5c6c(sc5n34)CCCC6)CC2)cc1. The van der Waals surface area contributed by atoms with Gasteiger partial charge >= 0.3 is 0 Å². The number of ether oxygens (including phenoxy) is 1. The lowest BCUT2D eigenvalue weighted by molar-refractivity contribution is 0.243. The number of hydrogen-bond acceptors (Lipinski definition) is 7. The van der Waals surface area contributed by atoms with Gasteiger partial charge in [0.25, 0.3) is 5.56 Å². The smallest absolute Gasteiger partial charge is 0.264 e. The molecule has 1 saturated heterocycles. The van der Waals surface area contributed by atoms with Gasteiger partial charge < -0.3 is 9.64 Å². The van der Waals surface area contributed by atoms with E-state index in [0.717, 1.165) is 72.8 Å². The van der Waals surface area contributed by atoms with E-state index in [2.05, 4.69) is 48.7 Å². The van der Waals surface area contributed by atoms with Crippen molar-refractivity contribution in [3.8, 4) is 5.75 Å². The fourth-order valence-corrected chi connectivity index (χ4v) is 7.41. The van der Waals surface area contributed by atoms with Crippen molar-refractivity contribution in [3.63, 3.8) is 0 Å². The zero-order valence-corrected chi connectivity index (χ0v) is 23.0. The van der Waals surface area contributed by atoms with Crippen molar-refractivity contribution in [1.82, 2.24) is 24.1 Å². The van der Waals surface area contributed by atoms with Gasteiger partial charge in [0, 0.05) is 36.7 Å². The summed E-state index contributed by atoms with van der Waals surface area (Å²) < 4.78 is 9.32. The van der Waals surface area contributed by atoms with E-state index >= 15 is 0 Å². The van der Waals surface area contributed by atoms with E-state index in [-0.39, 0.29) is 5.56 Å². The molecule has 0 radical (unpaired) electrons. The third-order valence-corrected chi connectivity index (χ3v) is 9.40. The van der Waals surface area contributed by atoms with Crippen LogP contribution in [0.1, 0.15) is 34.7 Å². The van der Waals surface area contributed by atoms with Crippen LogP contribution in [0.5, 0.6) is 5.75 Å². The fourth-order valence-electron chi connectivity index (χ4n) is 6.01. The number of thiophene rings is 1. The highest BCUT2D eigenvalue weighted by Crippen LogP contribution is 2.35. The highest BCUT2D eigenvalue weighted by atomic mass is 32.1. The Balaban J connectivity index is 1.23. The number of piperazine rings is 1. The van der Waals surface area contributed by atoms with Gasteiger partial charge in [-0.2, -0.15) is 0 Å². The predicted molar refractivity (Wildman–Crippen MR) is 155 cm³/mol. The largest absolute Gasteiger partial charge is 0.497 e. The number of fused-ring (bicyclic) bond motifs is 5. The Kier molecular flexibility index (Phi) is 6.33. The van der Waals surface area contributed by atoms with Crippen molar-refractivity contribution in [2.45, 2.75) is 38.8 Å². The number of rotatable bonds is 6. The Morgan fingerprint density at radius 1 is 0.897 bits per heavy atom. The molecule has 0 unspecified atom stereocenters. The Morgan fingerprint density at radius 3 is 2.44 bits per heavy atom. The van der Waals surface area contributed by atoms with Crippen molar-refractivity contribution in [2.75, 3.05) is 38.2 Å². The van der Waals surface area contributed by atoms with Gasteiger partial charge in [0.2, 0.25) is 5.78 Å². The lowest BCUT2D eigenvalue weighted by Gasteiger charge is -2.35. The summed E-state index contributed by atoms with van der Waals surface area (Å²) in [4.78, 5) is 21.2. The summed E-state index contributed by atoms with van der Waals surface area (Å²) in [5, 5.41) is 10.2. The number of aromatic nitrogens is 4. The van der Waals surface area contributed by atoms with E-state index in [0.29, 0.717) is 18.9 Å². The Hall–Kier alpha value is -3.69. The maximum Gasteiger partial charge on any atom is 0.264 e. The van der Waals surface area contributed by atoms with Crippen LogP contribution in [0, 0.1) is 0 Å². The molecule has 0 atom stereocenters. The molecular weight excluding hydrogens is 508 g/mol. The van der Waals surface area contributed by atoms with Gasteiger partial charge in [0.05, 0.1) is 25.6 Å². The number of hydrogen-bond donors (Lipinski definition) is 0. The maximum absolute atomic E-state index is 14.0. The second-order valence-corrected chi connectivity index (χ2v) is 11.6. The second kappa shape index (κ2) is 10.1. The third-order valence-electron chi connectivity index (χ3n) is 8.13. The van der Waals surface area contributed by atoms with Gasteiger partial charge in [-0.05, 0) is 61.1 Å². The van der Waals surface area contributed by atoms with Gasteiger partial charge in [-0.3, -0.25) is 18.7 Å². The van der Waals surface area contributed by atoms with E-state index < -0.39 is 0 Å². The lowest BCUT2D eigenvalue weighted by atomic mass is 9.97. The molecule has 1 aliphatic carbocycles. The summed E-state index contributed by atoms with van der Waals surface area (Å²) >= 11 is 1.77. The van der Waals surface area contributed by atoms with E-state index in [1.54, 1.807) is 18.4 Å². The van der Waals surface area contributed by atoms with Crippen LogP contribution in [-0.4, -0.2) is 57.4 Å². The zero-order chi connectivity index (χ0) is 26.3. The molecule has 7 rings (SSSR count). The molecule has 0 saturated carbocycles. The summed E-state index contributed by atoms with van der Waals surface area (Å²) in [5.74, 6) is 2.43. The van der Waals surface area contributed by atoms with Crippen LogP contribution in [0.2, 0.25) is 0 Å². The van der Waals surface area contributed by atoms with Crippen LogP contribution >= 0.6 is 11.3 Å². The van der Waals surface area contributed by atoms with Crippen molar-refractivity contribution in [3.05, 3.63) is 86.8 Å². The normalized spacial score (nSPS) is 16.2. The number of nitrogens with zero attached hydrogens (tertiary/aromatic N) is 6. The molecule has 4 heterocycles. The van der Waals surface area contributed by atoms with E-state index in [1.165, 1.54) is 22.5 Å². The van der Waals surface area contributed by atoms with Crippen LogP contribution < -0.4 is 15.2 Å². The van der Waals surface area contributed by atoms with Gasteiger partial charge in [0.15, 0.2) is 5.82 Å². The van der Waals surface area contributed by atoms with E-state index in [4.69, 9.17) is 4.74 Å². The number of benzene rings is 2. The Bertz CT molecular complexity index is 1680. The minimum absolute atomic E-state index is 0.0628. The average Bonchev–Trinajstić information content (AvgIpc) is 3.58. The molecule has 0 spiro atoms. The molecule has 0 N–H and O–H groups in total. The van der Waals surface area contributed by atoms with Crippen LogP contribution in [0.3, 0.4) is 0 Å². The van der Waals surface area contributed by atoms with Crippen molar-refractivity contribution in [1.29, 1.82) is 0 Å². The molecule has 9 heteroatoms. The quantitative estimate of drug-likeness (QED) is 0.319. The summed E-state index contributed by atoms with van der Waals surface area (Å²) in [6.07, 6.45) is 4.36. The first-order chi connectivity index (χ1) is 19.2. The van der Waals surface area contributed by atoms with Crippen LogP contribution in [0.25, 0.3) is 16.0 Å². The van der Waals surface area contributed by atoms with Gasteiger partial charge in [-0.1, -0.05) is 30.3 Å². The molecular formula is C30H32N6O2S. The first-order valence-electron chi connectivity index (χ1n) is 13.8. The number of aryl methyl sites for hydroxylation is 2. The van der Waals surface area contributed by atoms with Gasteiger partial charge in [0.1, 0.15) is 10.6 Å². The zero-order valence-electron chi connectivity index (χ0n) is 22.2. The maximum atomic E-state index is 14.0. The lowest BCUT2D eigenvalue weighted by Crippen LogP contribution is -2.46. The average molecular weight is 541 g/mol. The molecule has 39 heavy (non-hydrogen) atoms. The summed E-state index contributed by atoms with van der Waals surface area (Å²) in [7, 11) is 1.70. The topological polar surface area (TPSA) is 67.9 Å². The molecule has 2 aliphatic rings. The molecule has 0 bridgehead atoms. The molecule has 5 aromatic rings.